The number of nitrogens with zero attached hydrogens (tertiary/aromatic N) is 3. The Balaban J connectivity index is 1.70. The van der Waals surface area contributed by atoms with Gasteiger partial charge in [0.15, 0.2) is 0 Å². The molecule has 0 radical (unpaired) electrons. The van der Waals surface area contributed by atoms with Crippen LogP contribution in [0.1, 0.15) is 5.56 Å². The van der Waals surface area contributed by atoms with Crippen molar-refractivity contribution in [2.24, 2.45) is 0 Å². The van der Waals surface area contributed by atoms with Crippen LogP contribution in [0.2, 0.25) is 0 Å². The zero-order valence-corrected chi connectivity index (χ0v) is 13.2. The van der Waals surface area contributed by atoms with Gasteiger partial charge in [-0.3, -0.25) is 0 Å². The van der Waals surface area contributed by atoms with Gasteiger partial charge in [0, 0.05) is 38.1 Å². The molecule has 0 amide bonds. The second kappa shape index (κ2) is 5.83. The van der Waals surface area contributed by atoms with E-state index in [9.17, 15) is 0 Å². The Morgan fingerprint density at radius 3 is 2.45 bits per heavy atom. The van der Waals surface area contributed by atoms with Gasteiger partial charge in [0.2, 0.25) is 0 Å². The smallest absolute Gasteiger partial charge is 0.142 e. The Morgan fingerprint density at radius 2 is 1.75 bits per heavy atom. The zero-order valence-electron chi connectivity index (χ0n) is 11.6. The lowest BCUT2D eigenvalue weighted by Gasteiger charge is -2.37. The number of benzene rings is 1. The number of pyridine rings is 1. The number of hydrogen-bond donors (Lipinski definition) is 0. The van der Waals surface area contributed by atoms with Crippen LogP contribution in [0.5, 0.6) is 0 Å². The monoisotopic (exact) mass is 331 g/mol. The quantitative estimate of drug-likeness (QED) is 0.839. The first-order valence-electron chi connectivity index (χ1n) is 6.91. The summed E-state index contributed by atoms with van der Waals surface area (Å²) in [6, 6.07) is 12.7. The molecule has 20 heavy (non-hydrogen) atoms. The summed E-state index contributed by atoms with van der Waals surface area (Å²) in [4.78, 5) is 9.26. The van der Waals surface area contributed by atoms with Gasteiger partial charge in [0.1, 0.15) is 5.82 Å². The van der Waals surface area contributed by atoms with Gasteiger partial charge in [0.05, 0.1) is 4.47 Å². The number of anilines is 2. The minimum Gasteiger partial charge on any atom is -0.368 e. The van der Waals surface area contributed by atoms with E-state index in [-0.39, 0.29) is 0 Å². The van der Waals surface area contributed by atoms with Gasteiger partial charge in [-0.2, -0.15) is 0 Å². The number of aromatic nitrogens is 1. The molecule has 0 bridgehead atoms. The predicted octanol–water partition coefficient (Wildman–Crippen LogP) is 3.48. The van der Waals surface area contributed by atoms with Gasteiger partial charge in [-0.05, 0) is 52.7 Å². The highest BCUT2D eigenvalue weighted by Gasteiger charge is 2.19. The molecule has 3 rings (SSSR count). The third-order valence-electron chi connectivity index (χ3n) is 3.69. The van der Waals surface area contributed by atoms with Crippen molar-refractivity contribution in [2.75, 3.05) is 36.0 Å². The van der Waals surface area contributed by atoms with Crippen LogP contribution in [-0.4, -0.2) is 31.2 Å². The molecule has 2 heterocycles. The number of halogens is 1. The van der Waals surface area contributed by atoms with E-state index in [0.717, 1.165) is 36.5 Å². The zero-order chi connectivity index (χ0) is 13.9. The molecule has 1 aliphatic heterocycles. The molecule has 1 fully saturated rings. The molecule has 0 N–H and O–H groups in total. The van der Waals surface area contributed by atoms with Gasteiger partial charge in [-0.15, -0.1) is 0 Å². The topological polar surface area (TPSA) is 19.4 Å². The maximum atomic E-state index is 4.47. The molecule has 104 valence electrons. The summed E-state index contributed by atoms with van der Waals surface area (Å²) in [7, 11) is 0. The Kier molecular flexibility index (Phi) is 3.92. The summed E-state index contributed by atoms with van der Waals surface area (Å²) >= 11 is 3.58. The minimum atomic E-state index is 1.00. The lowest BCUT2D eigenvalue weighted by Crippen LogP contribution is -2.47. The fraction of sp³-hybridized carbons (Fsp3) is 0.312. The molecule has 0 saturated carbocycles. The van der Waals surface area contributed by atoms with Crippen molar-refractivity contribution in [1.82, 2.24) is 4.98 Å². The lowest BCUT2D eigenvalue weighted by atomic mass is 10.2. The van der Waals surface area contributed by atoms with Crippen molar-refractivity contribution >= 4 is 27.4 Å². The molecule has 1 aromatic heterocycles. The normalized spacial score (nSPS) is 15.5. The van der Waals surface area contributed by atoms with Crippen LogP contribution in [0, 0.1) is 6.92 Å². The molecular weight excluding hydrogens is 314 g/mol. The van der Waals surface area contributed by atoms with E-state index >= 15 is 0 Å². The maximum absolute atomic E-state index is 4.47. The van der Waals surface area contributed by atoms with Gasteiger partial charge >= 0.3 is 0 Å². The van der Waals surface area contributed by atoms with Crippen molar-refractivity contribution in [3.63, 3.8) is 0 Å². The van der Waals surface area contributed by atoms with Crippen LogP contribution in [0.3, 0.4) is 0 Å². The molecule has 3 nitrogen and oxygen atoms in total. The average Bonchev–Trinajstić information content (AvgIpc) is 2.48. The van der Waals surface area contributed by atoms with Crippen molar-refractivity contribution in [1.29, 1.82) is 0 Å². The van der Waals surface area contributed by atoms with Crippen molar-refractivity contribution in [2.45, 2.75) is 6.92 Å². The summed E-state index contributed by atoms with van der Waals surface area (Å²) in [5.41, 5.74) is 2.64. The molecule has 1 aliphatic rings. The van der Waals surface area contributed by atoms with Crippen LogP contribution in [0.25, 0.3) is 0 Å². The second-order valence-electron chi connectivity index (χ2n) is 5.12. The van der Waals surface area contributed by atoms with Gasteiger partial charge in [-0.1, -0.05) is 12.1 Å². The van der Waals surface area contributed by atoms with Gasteiger partial charge in [0.25, 0.3) is 0 Å². The molecule has 1 aromatic carbocycles. The van der Waals surface area contributed by atoms with E-state index in [1.54, 1.807) is 0 Å². The van der Waals surface area contributed by atoms with Crippen molar-refractivity contribution < 1.29 is 0 Å². The third kappa shape index (κ3) is 2.80. The Bertz CT molecular complexity index is 592. The fourth-order valence-electron chi connectivity index (χ4n) is 2.61. The summed E-state index contributed by atoms with van der Waals surface area (Å²) in [5.74, 6) is 1.05. The molecule has 2 aromatic rings. The Morgan fingerprint density at radius 1 is 1.00 bits per heavy atom. The fourth-order valence-corrected chi connectivity index (χ4v) is 3.12. The Labute approximate surface area is 128 Å². The second-order valence-corrected chi connectivity index (χ2v) is 5.98. The SMILES string of the molecule is Cc1cccc(N2CCN(c3ncccc3Br)CC2)c1. The van der Waals surface area contributed by atoms with E-state index in [2.05, 4.69) is 68.0 Å². The molecule has 0 aliphatic carbocycles. The van der Waals surface area contributed by atoms with E-state index < -0.39 is 0 Å². The van der Waals surface area contributed by atoms with Crippen molar-refractivity contribution in [3.8, 4) is 0 Å². The molecular formula is C16H18BrN3. The number of rotatable bonds is 2. The number of aryl methyl sites for hydroxylation is 1. The van der Waals surface area contributed by atoms with E-state index in [0.29, 0.717) is 0 Å². The lowest BCUT2D eigenvalue weighted by molar-refractivity contribution is 0.646. The maximum Gasteiger partial charge on any atom is 0.142 e. The molecule has 1 saturated heterocycles. The standard InChI is InChI=1S/C16H18BrN3/c1-13-4-2-5-14(12-13)19-8-10-20(11-9-19)16-15(17)6-3-7-18-16/h2-7,12H,8-11H2,1H3. The molecule has 0 unspecified atom stereocenters. The van der Waals surface area contributed by atoms with Crippen LogP contribution in [-0.2, 0) is 0 Å². The summed E-state index contributed by atoms with van der Waals surface area (Å²) in [6.45, 7) is 6.22. The van der Waals surface area contributed by atoms with Crippen LogP contribution < -0.4 is 9.80 Å². The predicted molar refractivity (Wildman–Crippen MR) is 87.5 cm³/mol. The van der Waals surface area contributed by atoms with Crippen molar-refractivity contribution in [3.05, 3.63) is 52.6 Å². The van der Waals surface area contributed by atoms with E-state index in [4.69, 9.17) is 0 Å². The summed E-state index contributed by atoms with van der Waals surface area (Å²) < 4.78 is 1.07. The molecule has 0 atom stereocenters. The van der Waals surface area contributed by atoms with Gasteiger partial charge < -0.3 is 9.80 Å². The van der Waals surface area contributed by atoms with Gasteiger partial charge in [-0.25, -0.2) is 4.98 Å². The first-order chi connectivity index (χ1) is 9.74. The minimum absolute atomic E-state index is 1.00. The molecule has 4 heteroatoms. The first-order valence-corrected chi connectivity index (χ1v) is 7.70. The molecule has 0 spiro atoms. The van der Waals surface area contributed by atoms with E-state index in [1.807, 2.05) is 12.3 Å². The van der Waals surface area contributed by atoms with Crippen LogP contribution in [0.4, 0.5) is 11.5 Å². The largest absolute Gasteiger partial charge is 0.368 e. The highest BCUT2D eigenvalue weighted by Crippen LogP contribution is 2.25. The summed E-state index contributed by atoms with van der Waals surface area (Å²) in [5, 5.41) is 0. The number of hydrogen-bond acceptors (Lipinski definition) is 3. The third-order valence-corrected chi connectivity index (χ3v) is 4.30. The van der Waals surface area contributed by atoms with E-state index in [1.165, 1.54) is 11.3 Å². The van der Waals surface area contributed by atoms with Crippen LogP contribution in [0.15, 0.2) is 47.1 Å². The number of piperazine rings is 1. The first kappa shape index (κ1) is 13.4. The highest BCUT2D eigenvalue weighted by atomic mass is 79.9. The highest BCUT2D eigenvalue weighted by molar-refractivity contribution is 9.10. The average molecular weight is 332 g/mol. The van der Waals surface area contributed by atoms with Crippen LogP contribution >= 0.6 is 15.9 Å². The summed E-state index contributed by atoms with van der Waals surface area (Å²) in [6.07, 6.45) is 1.85. The Hall–Kier alpha value is -1.55.